The highest BCUT2D eigenvalue weighted by Gasteiger charge is 2.50. The van der Waals surface area contributed by atoms with Gasteiger partial charge in [0.05, 0.1) is 0 Å². The minimum absolute atomic E-state index is 0.0603. The lowest BCUT2D eigenvalue weighted by atomic mass is 9.69. The zero-order valence-corrected chi connectivity index (χ0v) is 14.8. The molecule has 0 aromatic heterocycles. The summed E-state index contributed by atoms with van der Waals surface area (Å²) in [6.45, 7) is 8.44. The summed E-state index contributed by atoms with van der Waals surface area (Å²) in [6, 6.07) is 0. The Hall–Kier alpha value is -1.38. The summed E-state index contributed by atoms with van der Waals surface area (Å²) in [5.74, 6) is 0.644. The van der Waals surface area contributed by atoms with E-state index in [9.17, 15) is 9.59 Å². The molecule has 0 aromatic carbocycles. The molecule has 126 valence electrons. The van der Waals surface area contributed by atoms with E-state index in [4.69, 9.17) is 4.74 Å². The standard InChI is InChI=1S/C20H28O3/c1-12-5-7-20(4)8-6-16-14(3)19(22)23-17(18(16)20)11-13(2)10-15(21)9-12/h9,13,17-18H,5-8,10-11H2,1-4H3/b12-9+/t13-,17-,18+,20-/m1/s1. The molecule has 0 saturated heterocycles. The van der Waals surface area contributed by atoms with Gasteiger partial charge in [0, 0.05) is 17.9 Å². The summed E-state index contributed by atoms with van der Waals surface area (Å²) in [6.07, 6.45) is 7.27. The minimum atomic E-state index is -0.145. The Balaban J connectivity index is 2.00. The predicted octanol–water partition coefficient (Wildman–Crippen LogP) is 4.37. The first-order valence-electron chi connectivity index (χ1n) is 8.91. The molecule has 1 fully saturated rings. The number of ether oxygens (including phenoxy) is 1. The molecule has 0 aromatic rings. The fourth-order valence-electron chi connectivity index (χ4n) is 4.85. The molecule has 0 amide bonds. The summed E-state index contributed by atoms with van der Waals surface area (Å²) in [5, 5.41) is 0. The molecular weight excluding hydrogens is 288 g/mol. The second kappa shape index (κ2) is 5.92. The van der Waals surface area contributed by atoms with Crippen LogP contribution in [0.1, 0.15) is 66.2 Å². The maximum Gasteiger partial charge on any atom is 0.333 e. The van der Waals surface area contributed by atoms with E-state index in [0.717, 1.165) is 37.7 Å². The van der Waals surface area contributed by atoms with Crippen molar-refractivity contribution in [1.82, 2.24) is 0 Å². The molecule has 0 N–H and O–H groups in total. The summed E-state index contributed by atoms with van der Waals surface area (Å²) in [4.78, 5) is 24.4. The Bertz CT molecular complexity index is 598. The second-order valence-corrected chi connectivity index (χ2v) is 8.23. The third-order valence-electron chi connectivity index (χ3n) is 6.19. The summed E-state index contributed by atoms with van der Waals surface area (Å²) < 4.78 is 5.83. The fraction of sp³-hybridized carbons (Fsp3) is 0.700. The number of esters is 1. The van der Waals surface area contributed by atoms with Crippen molar-refractivity contribution in [3.63, 3.8) is 0 Å². The molecule has 0 unspecified atom stereocenters. The molecule has 3 nitrogen and oxygen atoms in total. The molecule has 1 aliphatic heterocycles. The molecule has 23 heavy (non-hydrogen) atoms. The number of rotatable bonds is 0. The van der Waals surface area contributed by atoms with Crippen LogP contribution < -0.4 is 0 Å². The van der Waals surface area contributed by atoms with Crippen molar-refractivity contribution in [3.8, 4) is 0 Å². The van der Waals surface area contributed by atoms with Gasteiger partial charge < -0.3 is 4.74 Å². The van der Waals surface area contributed by atoms with Gasteiger partial charge in [0.1, 0.15) is 6.10 Å². The van der Waals surface area contributed by atoms with E-state index in [1.165, 1.54) is 11.1 Å². The zero-order chi connectivity index (χ0) is 16.8. The second-order valence-electron chi connectivity index (χ2n) is 8.23. The molecular formula is C20H28O3. The van der Waals surface area contributed by atoms with Crippen LogP contribution in [-0.2, 0) is 14.3 Å². The molecule has 1 saturated carbocycles. The Morgan fingerprint density at radius 2 is 1.87 bits per heavy atom. The molecule has 0 bridgehead atoms. The number of allylic oxidation sites excluding steroid dienone is 2. The van der Waals surface area contributed by atoms with E-state index < -0.39 is 0 Å². The monoisotopic (exact) mass is 316 g/mol. The van der Waals surface area contributed by atoms with E-state index in [1.807, 2.05) is 13.0 Å². The quantitative estimate of drug-likeness (QED) is 0.623. The summed E-state index contributed by atoms with van der Waals surface area (Å²) in [7, 11) is 0. The van der Waals surface area contributed by atoms with E-state index in [-0.39, 0.29) is 29.2 Å². The normalized spacial score (nSPS) is 40.9. The van der Waals surface area contributed by atoms with Crippen LogP contribution in [0, 0.1) is 17.3 Å². The maximum absolute atomic E-state index is 12.2. The number of carbonyl (C=O) groups is 2. The van der Waals surface area contributed by atoms with Crippen LogP contribution in [0.4, 0.5) is 0 Å². The van der Waals surface area contributed by atoms with Crippen molar-refractivity contribution in [3.05, 3.63) is 22.8 Å². The van der Waals surface area contributed by atoms with Crippen molar-refractivity contribution in [2.45, 2.75) is 72.3 Å². The van der Waals surface area contributed by atoms with Gasteiger partial charge in [-0.3, -0.25) is 4.79 Å². The largest absolute Gasteiger partial charge is 0.458 e. The fourth-order valence-corrected chi connectivity index (χ4v) is 4.85. The van der Waals surface area contributed by atoms with Crippen LogP contribution in [0.2, 0.25) is 0 Å². The average molecular weight is 316 g/mol. The van der Waals surface area contributed by atoms with Crippen LogP contribution in [0.15, 0.2) is 22.8 Å². The number of hydrogen-bond acceptors (Lipinski definition) is 3. The first-order valence-corrected chi connectivity index (χ1v) is 8.91. The lowest BCUT2D eigenvalue weighted by Gasteiger charge is -2.40. The smallest absolute Gasteiger partial charge is 0.333 e. The zero-order valence-electron chi connectivity index (χ0n) is 14.8. The predicted molar refractivity (Wildman–Crippen MR) is 89.8 cm³/mol. The van der Waals surface area contributed by atoms with Crippen molar-refractivity contribution in [2.75, 3.05) is 0 Å². The third-order valence-corrected chi connectivity index (χ3v) is 6.19. The Morgan fingerprint density at radius 1 is 1.17 bits per heavy atom. The van der Waals surface area contributed by atoms with Crippen LogP contribution in [0.5, 0.6) is 0 Å². The number of carbonyl (C=O) groups excluding carboxylic acids is 2. The van der Waals surface area contributed by atoms with Crippen LogP contribution in [0.3, 0.4) is 0 Å². The third kappa shape index (κ3) is 3.02. The van der Waals surface area contributed by atoms with Gasteiger partial charge in [-0.2, -0.15) is 0 Å². The lowest BCUT2D eigenvalue weighted by molar-refractivity contribution is -0.152. The van der Waals surface area contributed by atoms with E-state index in [1.54, 1.807) is 0 Å². The van der Waals surface area contributed by atoms with Crippen LogP contribution in [0.25, 0.3) is 0 Å². The van der Waals surface area contributed by atoms with Gasteiger partial charge >= 0.3 is 5.97 Å². The lowest BCUT2D eigenvalue weighted by Crippen LogP contribution is -2.41. The molecule has 3 heteroatoms. The Labute approximate surface area is 139 Å². The SMILES string of the molecule is CC1=C2CC[C@@]3(C)CC/C(C)=C/C(=O)C[C@@H](C)C[C@@H](OC1=O)[C@H]23. The van der Waals surface area contributed by atoms with Crippen LogP contribution in [-0.4, -0.2) is 17.9 Å². The van der Waals surface area contributed by atoms with Gasteiger partial charge in [-0.1, -0.05) is 25.0 Å². The Kier molecular flexibility index (Phi) is 4.24. The van der Waals surface area contributed by atoms with Crippen LogP contribution >= 0.6 is 0 Å². The van der Waals surface area contributed by atoms with E-state index in [0.29, 0.717) is 12.3 Å². The first kappa shape index (κ1) is 16.5. The summed E-state index contributed by atoms with van der Waals surface area (Å²) in [5.41, 5.74) is 3.52. The van der Waals surface area contributed by atoms with E-state index >= 15 is 0 Å². The first-order chi connectivity index (χ1) is 10.8. The highest BCUT2D eigenvalue weighted by Crippen LogP contribution is 2.55. The maximum atomic E-state index is 12.2. The van der Waals surface area contributed by atoms with Gasteiger partial charge in [-0.05, 0) is 63.4 Å². The molecule has 3 rings (SSSR count). The Morgan fingerprint density at radius 3 is 2.61 bits per heavy atom. The average Bonchev–Trinajstić information content (AvgIpc) is 2.80. The van der Waals surface area contributed by atoms with E-state index in [2.05, 4.69) is 20.8 Å². The highest BCUT2D eigenvalue weighted by atomic mass is 16.5. The molecule has 3 aliphatic rings. The van der Waals surface area contributed by atoms with Gasteiger partial charge in [0.15, 0.2) is 5.78 Å². The molecule has 2 aliphatic carbocycles. The van der Waals surface area contributed by atoms with Gasteiger partial charge in [0.2, 0.25) is 0 Å². The summed E-state index contributed by atoms with van der Waals surface area (Å²) >= 11 is 0. The molecule has 0 spiro atoms. The number of hydrogen-bond donors (Lipinski definition) is 0. The minimum Gasteiger partial charge on any atom is -0.458 e. The molecule has 1 heterocycles. The van der Waals surface area contributed by atoms with Crippen molar-refractivity contribution in [1.29, 1.82) is 0 Å². The molecule has 0 radical (unpaired) electrons. The molecule has 4 atom stereocenters. The van der Waals surface area contributed by atoms with Crippen molar-refractivity contribution < 1.29 is 14.3 Å². The topological polar surface area (TPSA) is 43.4 Å². The van der Waals surface area contributed by atoms with Gasteiger partial charge in [0.25, 0.3) is 0 Å². The van der Waals surface area contributed by atoms with Gasteiger partial charge in [-0.25, -0.2) is 4.79 Å². The van der Waals surface area contributed by atoms with Gasteiger partial charge in [-0.15, -0.1) is 0 Å². The van der Waals surface area contributed by atoms with Crippen molar-refractivity contribution >= 4 is 11.8 Å². The number of ketones is 1. The highest BCUT2D eigenvalue weighted by molar-refractivity contribution is 5.91. The van der Waals surface area contributed by atoms with Crippen molar-refractivity contribution in [2.24, 2.45) is 17.3 Å².